The van der Waals surface area contributed by atoms with Crippen LogP contribution >= 0.6 is 23.8 Å². The molecule has 0 radical (unpaired) electrons. The van der Waals surface area contributed by atoms with E-state index in [9.17, 15) is 0 Å². The quantitative estimate of drug-likeness (QED) is 0.409. The summed E-state index contributed by atoms with van der Waals surface area (Å²) in [7, 11) is 1.55. The van der Waals surface area contributed by atoms with E-state index in [1.807, 2.05) is 0 Å². The Morgan fingerprint density at radius 2 is 2.29 bits per heavy atom. The molecular formula is C8H10ClN3OS. The highest BCUT2D eigenvalue weighted by Gasteiger charge is 2.02. The molecule has 0 unspecified atom stereocenters. The minimum absolute atomic E-state index is 0.328. The highest BCUT2D eigenvalue weighted by Crippen LogP contribution is 2.27. The molecule has 0 aromatic heterocycles. The summed E-state index contributed by atoms with van der Waals surface area (Å²) in [6.07, 6.45) is 0. The minimum Gasteiger partial charge on any atom is -0.495 e. The number of rotatable bonds is 2. The van der Waals surface area contributed by atoms with Gasteiger partial charge in [0.1, 0.15) is 5.75 Å². The fourth-order valence-electron chi connectivity index (χ4n) is 0.905. The number of nitrogens with two attached hydrogens (primary N) is 1. The van der Waals surface area contributed by atoms with Crippen LogP contribution < -0.4 is 21.3 Å². The Balaban J connectivity index is 2.84. The summed E-state index contributed by atoms with van der Waals surface area (Å²) in [4.78, 5) is 0. The van der Waals surface area contributed by atoms with Gasteiger partial charge in [-0.25, -0.2) is 5.84 Å². The molecule has 1 rings (SSSR count). The average molecular weight is 232 g/mol. The highest BCUT2D eigenvalue weighted by atomic mass is 35.5. The van der Waals surface area contributed by atoms with Crippen LogP contribution in [0.1, 0.15) is 0 Å². The second-order valence-electron chi connectivity index (χ2n) is 2.45. The predicted molar refractivity (Wildman–Crippen MR) is 61.5 cm³/mol. The van der Waals surface area contributed by atoms with Crippen LogP contribution in [0.2, 0.25) is 5.02 Å². The van der Waals surface area contributed by atoms with Gasteiger partial charge >= 0.3 is 0 Å². The Kier molecular flexibility index (Phi) is 3.94. The summed E-state index contributed by atoms with van der Waals surface area (Å²) in [6, 6.07) is 5.21. The van der Waals surface area contributed by atoms with Crippen molar-refractivity contribution in [1.82, 2.24) is 5.43 Å². The van der Waals surface area contributed by atoms with Crippen molar-refractivity contribution in [2.75, 3.05) is 12.4 Å². The highest BCUT2D eigenvalue weighted by molar-refractivity contribution is 7.80. The number of nitrogens with one attached hydrogen (secondary N) is 2. The third kappa shape index (κ3) is 2.73. The van der Waals surface area contributed by atoms with Gasteiger partial charge in [-0.2, -0.15) is 0 Å². The molecule has 0 aliphatic rings. The van der Waals surface area contributed by atoms with Gasteiger partial charge in [0.2, 0.25) is 0 Å². The second kappa shape index (κ2) is 4.99. The van der Waals surface area contributed by atoms with Gasteiger partial charge in [-0.3, -0.25) is 0 Å². The molecule has 4 N–H and O–H groups in total. The lowest BCUT2D eigenvalue weighted by Crippen LogP contribution is -2.34. The molecular weight excluding hydrogens is 222 g/mol. The summed E-state index contributed by atoms with van der Waals surface area (Å²) >= 11 is 10.7. The van der Waals surface area contributed by atoms with Gasteiger partial charge in [-0.1, -0.05) is 11.6 Å². The van der Waals surface area contributed by atoms with Gasteiger partial charge in [0.15, 0.2) is 5.11 Å². The fraction of sp³-hybridized carbons (Fsp3) is 0.125. The monoisotopic (exact) mass is 231 g/mol. The summed E-state index contributed by atoms with van der Waals surface area (Å²) < 4.78 is 5.03. The number of hydrazine groups is 1. The lowest BCUT2D eigenvalue weighted by atomic mass is 10.3. The van der Waals surface area contributed by atoms with Crippen LogP contribution in [0.3, 0.4) is 0 Å². The van der Waals surface area contributed by atoms with E-state index in [4.69, 9.17) is 34.4 Å². The first-order valence-electron chi connectivity index (χ1n) is 3.78. The smallest absolute Gasteiger partial charge is 0.185 e. The van der Waals surface area contributed by atoms with Crippen molar-refractivity contribution in [2.45, 2.75) is 0 Å². The Hall–Kier alpha value is -1.04. The molecule has 0 aliphatic carbocycles. The molecule has 1 aromatic rings. The first-order chi connectivity index (χ1) is 6.67. The largest absolute Gasteiger partial charge is 0.495 e. The number of hydrogen-bond acceptors (Lipinski definition) is 3. The van der Waals surface area contributed by atoms with Gasteiger partial charge in [-0.05, 0) is 24.4 Å². The normalized spacial score (nSPS) is 9.36. The Labute approximate surface area is 92.3 Å². The van der Waals surface area contributed by atoms with Crippen LogP contribution in [0.25, 0.3) is 0 Å². The van der Waals surface area contributed by atoms with Crippen molar-refractivity contribution < 1.29 is 4.74 Å². The van der Waals surface area contributed by atoms with Gasteiger partial charge < -0.3 is 15.5 Å². The molecule has 0 spiro atoms. The van der Waals surface area contributed by atoms with E-state index in [0.29, 0.717) is 15.9 Å². The maximum absolute atomic E-state index is 5.84. The van der Waals surface area contributed by atoms with E-state index in [-0.39, 0.29) is 0 Å². The maximum Gasteiger partial charge on any atom is 0.185 e. The number of thiocarbonyl (C=S) groups is 1. The molecule has 6 heteroatoms. The number of anilines is 1. The van der Waals surface area contributed by atoms with E-state index in [1.165, 1.54) is 0 Å². The zero-order chi connectivity index (χ0) is 10.6. The number of methoxy groups -OCH3 is 1. The average Bonchev–Trinajstić information content (AvgIpc) is 2.20. The molecule has 0 aliphatic heterocycles. The number of halogens is 1. The van der Waals surface area contributed by atoms with E-state index < -0.39 is 0 Å². The maximum atomic E-state index is 5.84. The lowest BCUT2D eigenvalue weighted by molar-refractivity contribution is 0.415. The third-order valence-corrected chi connectivity index (χ3v) is 2.07. The number of hydrogen-bond donors (Lipinski definition) is 3. The summed E-state index contributed by atoms with van der Waals surface area (Å²) in [5.74, 6) is 5.69. The van der Waals surface area contributed by atoms with Gasteiger partial charge in [-0.15, -0.1) is 0 Å². The van der Waals surface area contributed by atoms with Crippen molar-refractivity contribution in [2.24, 2.45) is 5.84 Å². The SMILES string of the molecule is COc1cc(NC(=S)NN)ccc1Cl. The Morgan fingerprint density at radius 3 is 2.86 bits per heavy atom. The van der Waals surface area contributed by atoms with Crippen molar-refractivity contribution in [3.8, 4) is 5.75 Å². The van der Waals surface area contributed by atoms with Crippen LogP contribution in [-0.2, 0) is 0 Å². The van der Waals surface area contributed by atoms with Crippen molar-refractivity contribution in [1.29, 1.82) is 0 Å². The first-order valence-corrected chi connectivity index (χ1v) is 4.57. The van der Waals surface area contributed by atoms with Gasteiger partial charge in [0.05, 0.1) is 12.1 Å². The van der Waals surface area contributed by atoms with E-state index in [1.54, 1.807) is 25.3 Å². The minimum atomic E-state index is 0.328. The van der Waals surface area contributed by atoms with E-state index >= 15 is 0 Å². The Bertz CT molecular complexity index is 345. The molecule has 1 aromatic carbocycles. The van der Waals surface area contributed by atoms with Crippen molar-refractivity contribution in [3.05, 3.63) is 23.2 Å². The summed E-state index contributed by atoms with van der Waals surface area (Å²) in [5, 5.41) is 3.72. The van der Waals surface area contributed by atoms with Crippen molar-refractivity contribution >= 4 is 34.6 Å². The van der Waals surface area contributed by atoms with Gasteiger partial charge in [0, 0.05) is 11.8 Å². The fourth-order valence-corrected chi connectivity index (χ4v) is 1.22. The number of ether oxygens (including phenoxy) is 1. The molecule has 76 valence electrons. The number of benzene rings is 1. The second-order valence-corrected chi connectivity index (χ2v) is 3.26. The lowest BCUT2D eigenvalue weighted by Gasteiger charge is -2.09. The zero-order valence-corrected chi connectivity index (χ0v) is 9.08. The predicted octanol–water partition coefficient (Wildman–Crippen LogP) is 1.51. The third-order valence-electron chi connectivity index (χ3n) is 1.54. The standard InChI is InChI=1S/C8H10ClN3OS/c1-13-7-4-5(2-3-6(7)9)11-8(14)12-10/h2-4H,10H2,1H3,(H2,11,12,14). The molecule has 0 atom stereocenters. The van der Waals surface area contributed by atoms with E-state index in [0.717, 1.165) is 5.69 Å². The first kappa shape index (κ1) is 11.0. The Morgan fingerprint density at radius 1 is 1.57 bits per heavy atom. The molecule has 4 nitrogen and oxygen atoms in total. The van der Waals surface area contributed by atoms with Crippen LogP contribution in [0, 0.1) is 0 Å². The van der Waals surface area contributed by atoms with Crippen molar-refractivity contribution in [3.63, 3.8) is 0 Å². The topological polar surface area (TPSA) is 59.3 Å². The summed E-state index contributed by atoms with van der Waals surface area (Å²) in [5.41, 5.74) is 3.07. The van der Waals surface area contributed by atoms with Gasteiger partial charge in [0.25, 0.3) is 0 Å². The zero-order valence-electron chi connectivity index (χ0n) is 7.50. The molecule has 14 heavy (non-hydrogen) atoms. The molecule has 0 saturated carbocycles. The molecule has 0 fully saturated rings. The van der Waals surface area contributed by atoms with Crippen LogP contribution in [0.4, 0.5) is 5.69 Å². The van der Waals surface area contributed by atoms with Crippen LogP contribution in [0.15, 0.2) is 18.2 Å². The summed E-state index contributed by atoms with van der Waals surface area (Å²) in [6.45, 7) is 0. The molecule has 0 saturated heterocycles. The van der Waals surface area contributed by atoms with Crippen LogP contribution in [0.5, 0.6) is 5.75 Å². The molecule has 0 amide bonds. The van der Waals surface area contributed by atoms with E-state index in [2.05, 4.69) is 10.7 Å². The van der Waals surface area contributed by atoms with Crippen LogP contribution in [-0.4, -0.2) is 12.2 Å². The molecule has 0 heterocycles. The molecule has 0 bridgehead atoms.